The molecule has 1 N–H and O–H groups in total. The molecule has 5 heteroatoms. The van der Waals surface area contributed by atoms with Gasteiger partial charge in [0.05, 0.1) is 12.3 Å². The largest absolute Gasteiger partial charge is 0.411 e. The molecule has 0 aromatic heterocycles. The van der Waals surface area contributed by atoms with Gasteiger partial charge in [0.15, 0.2) is 0 Å². The third-order valence-corrected chi connectivity index (χ3v) is 4.26. The fourth-order valence-corrected chi connectivity index (χ4v) is 2.93. The lowest BCUT2D eigenvalue weighted by Crippen LogP contribution is -2.47. The van der Waals surface area contributed by atoms with Crippen LogP contribution >= 0.6 is 0 Å². The number of carbonyl (C=O) groups is 1. The van der Waals surface area contributed by atoms with E-state index >= 15 is 0 Å². The Balaban J connectivity index is 1.87. The minimum absolute atomic E-state index is 0.254. The predicted octanol–water partition coefficient (Wildman–Crippen LogP) is 1.56. The molecule has 1 atom stereocenters. The number of carbonyl (C=O) groups excluding carboxylic acids is 1. The third-order valence-electron chi connectivity index (χ3n) is 4.26. The zero-order chi connectivity index (χ0) is 13.8. The Bertz CT molecular complexity index is 353. The summed E-state index contributed by atoms with van der Waals surface area (Å²) in [6.07, 6.45) is 4.07. The van der Waals surface area contributed by atoms with Crippen LogP contribution in [0.25, 0.3) is 0 Å². The molecule has 1 heterocycles. The average molecular weight is 267 g/mol. The highest BCUT2D eigenvalue weighted by atomic mass is 16.4. The van der Waals surface area contributed by atoms with E-state index in [1.54, 1.807) is 0 Å². The lowest BCUT2D eigenvalue weighted by Gasteiger charge is -2.33. The highest BCUT2D eigenvalue weighted by Crippen LogP contribution is 2.27. The van der Waals surface area contributed by atoms with Gasteiger partial charge in [-0.3, -0.25) is 9.69 Å². The maximum absolute atomic E-state index is 12.3. The average Bonchev–Trinajstić information content (AvgIpc) is 3.24. The molecule has 1 aliphatic carbocycles. The first-order chi connectivity index (χ1) is 9.19. The highest BCUT2D eigenvalue weighted by molar-refractivity contribution is 5.87. The van der Waals surface area contributed by atoms with Crippen LogP contribution in [0.4, 0.5) is 0 Å². The third kappa shape index (κ3) is 3.47. The summed E-state index contributed by atoms with van der Waals surface area (Å²) in [4.78, 5) is 16.5. The number of amides is 1. The second kappa shape index (κ2) is 6.37. The molecule has 1 unspecified atom stereocenters. The van der Waals surface area contributed by atoms with Crippen molar-refractivity contribution in [2.24, 2.45) is 11.1 Å². The molecular weight excluding hydrogens is 242 g/mol. The van der Waals surface area contributed by atoms with E-state index in [2.05, 4.69) is 23.9 Å². The van der Waals surface area contributed by atoms with Crippen molar-refractivity contribution in [2.45, 2.75) is 45.6 Å². The Morgan fingerprint density at radius 1 is 1.47 bits per heavy atom. The standard InChI is InChI=1S/C14H25N3O2/c1-3-11-9-16(8-7-13(11)15-19)10-14(18)17(4-2)12-5-6-12/h11-12,19H,3-10H2,1-2H3. The van der Waals surface area contributed by atoms with Gasteiger partial charge in [0.25, 0.3) is 0 Å². The van der Waals surface area contributed by atoms with Crippen molar-refractivity contribution in [3.8, 4) is 0 Å². The van der Waals surface area contributed by atoms with Crippen LogP contribution in [-0.4, -0.2) is 58.8 Å². The van der Waals surface area contributed by atoms with Gasteiger partial charge in [0.2, 0.25) is 5.91 Å². The van der Waals surface area contributed by atoms with Crippen LogP contribution in [0.1, 0.15) is 39.5 Å². The molecule has 0 aromatic carbocycles. The van der Waals surface area contributed by atoms with Crippen molar-refractivity contribution in [1.29, 1.82) is 0 Å². The highest BCUT2D eigenvalue weighted by Gasteiger charge is 2.33. The summed E-state index contributed by atoms with van der Waals surface area (Å²) < 4.78 is 0. The maximum Gasteiger partial charge on any atom is 0.236 e. The number of likely N-dealkylation sites (N-methyl/N-ethyl adjacent to an activating group) is 1. The van der Waals surface area contributed by atoms with Crippen LogP contribution in [0.3, 0.4) is 0 Å². The Morgan fingerprint density at radius 2 is 2.21 bits per heavy atom. The summed E-state index contributed by atoms with van der Waals surface area (Å²) in [5, 5.41) is 12.4. The molecule has 1 saturated heterocycles. The predicted molar refractivity (Wildman–Crippen MR) is 74.5 cm³/mol. The number of piperidine rings is 1. The Kier molecular flexibility index (Phi) is 4.80. The van der Waals surface area contributed by atoms with E-state index in [0.29, 0.717) is 18.5 Å². The van der Waals surface area contributed by atoms with Gasteiger partial charge >= 0.3 is 0 Å². The van der Waals surface area contributed by atoms with Crippen molar-refractivity contribution in [1.82, 2.24) is 9.80 Å². The minimum Gasteiger partial charge on any atom is -0.411 e. The van der Waals surface area contributed by atoms with Crippen LogP contribution in [0.5, 0.6) is 0 Å². The van der Waals surface area contributed by atoms with Gasteiger partial charge in [0, 0.05) is 38.0 Å². The van der Waals surface area contributed by atoms with E-state index < -0.39 is 0 Å². The van der Waals surface area contributed by atoms with Crippen molar-refractivity contribution in [3.63, 3.8) is 0 Å². The van der Waals surface area contributed by atoms with Crippen LogP contribution in [-0.2, 0) is 4.79 Å². The number of hydrogen-bond donors (Lipinski definition) is 1. The zero-order valence-corrected chi connectivity index (χ0v) is 12.0. The summed E-state index contributed by atoms with van der Waals surface area (Å²) in [7, 11) is 0. The minimum atomic E-state index is 0.254. The van der Waals surface area contributed by atoms with Crippen LogP contribution in [0.2, 0.25) is 0 Å². The molecule has 2 fully saturated rings. The van der Waals surface area contributed by atoms with Gasteiger partial charge in [-0.15, -0.1) is 0 Å². The van der Waals surface area contributed by atoms with Crippen LogP contribution in [0.15, 0.2) is 5.16 Å². The molecule has 2 aliphatic rings. The fraction of sp³-hybridized carbons (Fsp3) is 0.857. The molecule has 2 rings (SSSR count). The molecule has 0 radical (unpaired) electrons. The molecule has 5 nitrogen and oxygen atoms in total. The summed E-state index contributed by atoms with van der Waals surface area (Å²) >= 11 is 0. The Morgan fingerprint density at radius 3 is 2.74 bits per heavy atom. The molecule has 1 aliphatic heterocycles. The summed E-state index contributed by atoms with van der Waals surface area (Å²) in [6.45, 7) is 7.15. The van der Waals surface area contributed by atoms with Crippen molar-refractivity contribution >= 4 is 11.6 Å². The second-order valence-electron chi connectivity index (χ2n) is 5.59. The SMILES string of the molecule is CCC1CN(CC(=O)N(CC)C2CC2)CCC1=NO. The van der Waals surface area contributed by atoms with E-state index in [1.807, 2.05) is 4.90 Å². The molecular formula is C14H25N3O2. The smallest absolute Gasteiger partial charge is 0.236 e. The Hall–Kier alpha value is -1.10. The van der Waals surface area contributed by atoms with Crippen LogP contribution < -0.4 is 0 Å². The summed E-state index contributed by atoms with van der Waals surface area (Å²) in [6, 6.07) is 0.499. The van der Waals surface area contributed by atoms with Gasteiger partial charge in [-0.2, -0.15) is 0 Å². The van der Waals surface area contributed by atoms with E-state index in [0.717, 1.165) is 38.2 Å². The summed E-state index contributed by atoms with van der Waals surface area (Å²) in [5.41, 5.74) is 0.890. The van der Waals surface area contributed by atoms with Gasteiger partial charge in [0.1, 0.15) is 0 Å². The number of nitrogens with zero attached hydrogens (tertiary/aromatic N) is 3. The monoisotopic (exact) mass is 267 g/mol. The van der Waals surface area contributed by atoms with Gasteiger partial charge in [-0.1, -0.05) is 12.1 Å². The van der Waals surface area contributed by atoms with Gasteiger partial charge < -0.3 is 10.1 Å². The quantitative estimate of drug-likeness (QED) is 0.607. The van der Waals surface area contributed by atoms with E-state index in [1.165, 1.54) is 12.8 Å². The zero-order valence-electron chi connectivity index (χ0n) is 12.0. The van der Waals surface area contributed by atoms with E-state index in [-0.39, 0.29) is 5.91 Å². The van der Waals surface area contributed by atoms with E-state index in [9.17, 15) is 4.79 Å². The first-order valence-electron chi connectivity index (χ1n) is 7.42. The molecule has 108 valence electrons. The summed E-state index contributed by atoms with van der Waals surface area (Å²) in [5.74, 6) is 0.548. The van der Waals surface area contributed by atoms with Crippen molar-refractivity contribution < 1.29 is 10.0 Å². The second-order valence-corrected chi connectivity index (χ2v) is 5.59. The van der Waals surface area contributed by atoms with E-state index in [4.69, 9.17) is 5.21 Å². The molecule has 0 aromatic rings. The van der Waals surface area contributed by atoms with Gasteiger partial charge in [-0.25, -0.2) is 0 Å². The van der Waals surface area contributed by atoms with Crippen molar-refractivity contribution in [3.05, 3.63) is 0 Å². The lowest BCUT2D eigenvalue weighted by molar-refractivity contribution is -0.133. The normalized spacial score (nSPS) is 26.6. The number of oxime groups is 1. The topological polar surface area (TPSA) is 56.1 Å². The first-order valence-corrected chi connectivity index (χ1v) is 7.42. The molecule has 0 spiro atoms. The lowest BCUT2D eigenvalue weighted by atomic mass is 9.93. The molecule has 1 amide bonds. The fourth-order valence-electron chi connectivity index (χ4n) is 2.93. The van der Waals surface area contributed by atoms with Gasteiger partial charge in [-0.05, 0) is 26.2 Å². The molecule has 1 saturated carbocycles. The molecule has 0 bridgehead atoms. The number of rotatable bonds is 5. The number of hydrogen-bond acceptors (Lipinski definition) is 4. The first kappa shape index (κ1) is 14.3. The maximum atomic E-state index is 12.3. The van der Waals surface area contributed by atoms with Crippen molar-refractivity contribution in [2.75, 3.05) is 26.2 Å². The Labute approximate surface area is 115 Å². The number of likely N-dealkylation sites (tertiary alicyclic amines) is 1. The van der Waals surface area contributed by atoms with Crippen LogP contribution in [0, 0.1) is 5.92 Å². The molecule has 19 heavy (non-hydrogen) atoms.